The van der Waals surface area contributed by atoms with Gasteiger partial charge in [-0.25, -0.2) is 4.21 Å². The van der Waals surface area contributed by atoms with Crippen LogP contribution in [0.4, 0.5) is 5.69 Å². The zero-order valence-electron chi connectivity index (χ0n) is 9.80. The van der Waals surface area contributed by atoms with Gasteiger partial charge in [0.2, 0.25) is 0 Å². The molecule has 1 saturated carbocycles. The Kier molecular flexibility index (Phi) is 3.77. The second-order valence-corrected chi connectivity index (χ2v) is 5.78. The smallest absolute Gasteiger partial charge is 0.274 e. The Bertz CT molecular complexity index is 483. The van der Waals surface area contributed by atoms with Crippen LogP contribution in [0.3, 0.4) is 0 Å². The summed E-state index contributed by atoms with van der Waals surface area (Å²) in [4.78, 5) is 10.5. The molecule has 1 radical (unpaired) electrons. The lowest BCUT2D eigenvalue weighted by Gasteiger charge is -2.33. The Balaban J connectivity index is 2.55. The van der Waals surface area contributed by atoms with E-state index in [0.717, 1.165) is 19.3 Å². The van der Waals surface area contributed by atoms with Gasteiger partial charge >= 0.3 is 0 Å². The summed E-state index contributed by atoms with van der Waals surface area (Å²) in [6.07, 6.45) is 3.68. The van der Waals surface area contributed by atoms with E-state index in [-0.39, 0.29) is 5.69 Å². The molecule has 2 rings (SSSR count). The Hall–Kier alpha value is -1.27. The zero-order chi connectivity index (χ0) is 13.2. The van der Waals surface area contributed by atoms with Gasteiger partial charge in [0.05, 0.1) is 10.5 Å². The van der Waals surface area contributed by atoms with Crippen molar-refractivity contribution in [2.24, 2.45) is 0 Å². The first-order chi connectivity index (χ1) is 8.58. The number of benzene rings is 1. The van der Waals surface area contributed by atoms with Gasteiger partial charge in [0.25, 0.3) is 5.69 Å². The first kappa shape index (κ1) is 13.2. The van der Waals surface area contributed by atoms with E-state index < -0.39 is 20.8 Å². The van der Waals surface area contributed by atoms with Gasteiger partial charge in [-0.2, -0.15) is 0 Å². The minimum Gasteiger partial charge on any atom is -0.305 e. The third-order valence-corrected chi connectivity index (χ3v) is 4.82. The highest BCUT2D eigenvalue weighted by Gasteiger charge is 2.43. The van der Waals surface area contributed by atoms with Crippen LogP contribution in [0.1, 0.15) is 37.7 Å². The predicted octanol–water partition coefficient (Wildman–Crippen LogP) is 2.78. The van der Waals surface area contributed by atoms with Crippen molar-refractivity contribution < 1.29 is 13.7 Å². The molecule has 1 unspecified atom stereocenters. The third-order valence-electron chi connectivity index (χ3n) is 3.53. The second kappa shape index (κ2) is 5.16. The number of rotatable bonds is 3. The molecule has 1 aliphatic rings. The van der Waals surface area contributed by atoms with Gasteiger partial charge in [-0.3, -0.25) is 10.1 Å². The standard InChI is InChI=1S/C12H14NO4S/c14-13(15)11-7-3-2-6-10(11)12(18(16)17)8-4-1-5-9-12/h2,6-7H,1,4-5,8-9H2,(H,16,17). The molecule has 0 saturated heterocycles. The maximum atomic E-state index is 11.7. The number of hydrogen-bond acceptors (Lipinski definition) is 3. The van der Waals surface area contributed by atoms with Crippen LogP contribution in [0.25, 0.3) is 0 Å². The van der Waals surface area contributed by atoms with Crippen LogP contribution in [-0.2, 0) is 15.8 Å². The third kappa shape index (κ3) is 2.18. The predicted molar refractivity (Wildman–Crippen MR) is 67.5 cm³/mol. The highest BCUT2D eigenvalue weighted by Crippen LogP contribution is 2.44. The van der Waals surface area contributed by atoms with Crippen LogP contribution in [0.2, 0.25) is 0 Å². The molecule has 1 aliphatic carbocycles. The highest BCUT2D eigenvalue weighted by molar-refractivity contribution is 7.80. The Morgan fingerprint density at radius 1 is 1.39 bits per heavy atom. The molecule has 0 aliphatic heterocycles. The van der Waals surface area contributed by atoms with E-state index in [1.54, 1.807) is 12.1 Å². The SMILES string of the molecule is O=[N+]([O-])c1c[c]ccc1C1(S(=O)O)CCCCC1. The van der Waals surface area contributed by atoms with E-state index in [9.17, 15) is 18.9 Å². The van der Waals surface area contributed by atoms with Crippen molar-refractivity contribution in [1.29, 1.82) is 0 Å². The summed E-state index contributed by atoms with van der Waals surface area (Å²) in [5, 5.41) is 11.0. The lowest BCUT2D eigenvalue weighted by atomic mass is 9.82. The van der Waals surface area contributed by atoms with Gasteiger partial charge in [0.1, 0.15) is 4.75 Å². The Morgan fingerprint density at radius 2 is 2.06 bits per heavy atom. The van der Waals surface area contributed by atoms with E-state index >= 15 is 0 Å². The monoisotopic (exact) mass is 268 g/mol. The molecular formula is C12H14NO4S. The Morgan fingerprint density at radius 3 is 2.61 bits per heavy atom. The fourth-order valence-corrected chi connectivity index (χ4v) is 3.62. The summed E-state index contributed by atoms with van der Waals surface area (Å²) in [6.45, 7) is 0. The molecular weight excluding hydrogens is 254 g/mol. The minimum absolute atomic E-state index is 0.109. The number of hydrogen-bond donors (Lipinski definition) is 1. The quantitative estimate of drug-likeness (QED) is 0.519. The second-order valence-electron chi connectivity index (χ2n) is 4.50. The van der Waals surface area contributed by atoms with E-state index in [4.69, 9.17) is 0 Å². The average molecular weight is 268 g/mol. The first-order valence-electron chi connectivity index (χ1n) is 5.84. The molecule has 1 atom stereocenters. The number of nitrogens with zero attached hydrogens (tertiary/aromatic N) is 1. The van der Waals surface area contributed by atoms with Crippen molar-refractivity contribution in [3.8, 4) is 0 Å². The number of nitro groups is 1. The minimum atomic E-state index is -2.11. The fraction of sp³-hybridized carbons (Fsp3) is 0.500. The maximum Gasteiger partial charge on any atom is 0.274 e. The molecule has 1 aromatic carbocycles. The van der Waals surface area contributed by atoms with Gasteiger partial charge in [0, 0.05) is 6.07 Å². The summed E-state index contributed by atoms with van der Waals surface area (Å²) in [5.41, 5.74) is 0.258. The van der Waals surface area contributed by atoms with Crippen LogP contribution >= 0.6 is 0 Å². The summed E-state index contributed by atoms with van der Waals surface area (Å²) >= 11 is -2.11. The lowest BCUT2D eigenvalue weighted by Crippen LogP contribution is -2.34. The molecule has 0 spiro atoms. The summed E-state index contributed by atoms with van der Waals surface area (Å²) in [5.74, 6) is 0. The number of nitro benzene ring substituents is 1. The van der Waals surface area contributed by atoms with Crippen LogP contribution in [0.5, 0.6) is 0 Å². The van der Waals surface area contributed by atoms with Crippen molar-refractivity contribution in [3.05, 3.63) is 39.9 Å². The molecule has 5 nitrogen and oxygen atoms in total. The van der Waals surface area contributed by atoms with Crippen LogP contribution in [0.15, 0.2) is 18.2 Å². The topological polar surface area (TPSA) is 80.4 Å². The Labute approximate surface area is 108 Å². The molecule has 0 bridgehead atoms. The fourth-order valence-electron chi connectivity index (χ4n) is 2.62. The normalized spacial score (nSPS) is 20.3. The first-order valence-corrected chi connectivity index (χ1v) is 6.94. The maximum absolute atomic E-state index is 11.7. The van der Waals surface area contributed by atoms with E-state index in [0.29, 0.717) is 18.4 Å². The summed E-state index contributed by atoms with van der Waals surface area (Å²) in [6, 6.07) is 7.05. The van der Waals surface area contributed by atoms with Crippen LogP contribution in [0, 0.1) is 16.2 Å². The largest absolute Gasteiger partial charge is 0.305 e. The molecule has 97 valence electrons. The van der Waals surface area contributed by atoms with Gasteiger partial charge < -0.3 is 4.55 Å². The molecule has 18 heavy (non-hydrogen) atoms. The molecule has 0 aromatic heterocycles. The average Bonchev–Trinajstić information content (AvgIpc) is 2.39. The molecule has 1 fully saturated rings. The molecule has 1 aromatic rings. The van der Waals surface area contributed by atoms with Gasteiger partial charge in [0.15, 0.2) is 11.1 Å². The molecule has 6 heteroatoms. The van der Waals surface area contributed by atoms with E-state index in [2.05, 4.69) is 6.07 Å². The van der Waals surface area contributed by atoms with Gasteiger partial charge in [-0.15, -0.1) is 0 Å². The summed E-state index contributed by atoms with van der Waals surface area (Å²) in [7, 11) is 0. The van der Waals surface area contributed by atoms with Gasteiger partial charge in [-0.1, -0.05) is 25.3 Å². The lowest BCUT2D eigenvalue weighted by molar-refractivity contribution is -0.386. The molecule has 1 N–H and O–H groups in total. The zero-order valence-corrected chi connectivity index (χ0v) is 10.6. The van der Waals surface area contributed by atoms with Crippen LogP contribution in [-0.4, -0.2) is 13.7 Å². The van der Waals surface area contributed by atoms with Crippen molar-refractivity contribution in [1.82, 2.24) is 0 Å². The van der Waals surface area contributed by atoms with Crippen molar-refractivity contribution in [2.45, 2.75) is 36.9 Å². The van der Waals surface area contributed by atoms with Crippen molar-refractivity contribution >= 4 is 16.8 Å². The van der Waals surface area contributed by atoms with E-state index in [1.807, 2.05) is 0 Å². The highest BCUT2D eigenvalue weighted by atomic mass is 32.2. The molecule has 0 amide bonds. The van der Waals surface area contributed by atoms with E-state index in [1.165, 1.54) is 6.07 Å². The van der Waals surface area contributed by atoms with Crippen LogP contribution < -0.4 is 0 Å². The van der Waals surface area contributed by atoms with Crippen molar-refractivity contribution in [2.75, 3.05) is 0 Å². The van der Waals surface area contributed by atoms with Gasteiger partial charge in [-0.05, 0) is 25.0 Å². The van der Waals surface area contributed by atoms with Crippen molar-refractivity contribution in [3.63, 3.8) is 0 Å². The molecule has 0 heterocycles. The summed E-state index contributed by atoms with van der Waals surface area (Å²) < 4.78 is 20.4.